The number of hydrogen-bond donors (Lipinski definition) is 0. The van der Waals surface area contributed by atoms with Crippen molar-refractivity contribution in [3.05, 3.63) is 35.9 Å². The SMILES string of the molecule is CC#CC[C@H]1C(=O)N(Cc2ccccc2)C(=O)[C@@H]1SC(=S)OCC. The predicted molar refractivity (Wildman–Crippen MR) is 99.2 cm³/mol. The van der Waals surface area contributed by atoms with Crippen LogP contribution in [0.2, 0.25) is 0 Å². The van der Waals surface area contributed by atoms with E-state index in [9.17, 15) is 9.59 Å². The van der Waals surface area contributed by atoms with Gasteiger partial charge in [0.2, 0.25) is 16.2 Å². The molecule has 1 aliphatic rings. The van der Waals surface area contributed by atoms with Gasteiger partial charge in [-0.05, 0) is 31.6 Å². The van der Waals surface area contributed by atoms with Crippen molar-refractivity contribution < 1.29 is 14.3 Å². The first-order chi connectivity index (χ1) is 11.6. The molecule has 1 heterocycles. The Bertz CT molecular complexity index is 678. The molecule has 1 aromatic carbocycles. The quantitative estimate of drug-likeness (QED) is 0.458. The fourth-order valence-corrected chi connectivity index (χ4v) is 3.91. The normalized spacial score (nSPS) is 19.8. The van der Waals surface area contributed by atoms with Crippen molar-refractivity contribution in [3.63, 3.8) is 0 Å². The summed E-state index contributed by atoms with van der Waals surface area (Å²) in [6, 6.07) is 9.46. The van der Waals surface area contributed by atoms with E-state index in [1.54, 1.807) is 6.92 Å². The second-order valence-electron chi connectivity index (χ2n) is 5.21. The highest BCUT2D eigenvalue weighted by Gasteiger charge is 2.48. The van der Waals surface area contributed by atoms with Crippen LogP contribution in [-0.4, -0.2) is 33.0 Å². The molecule has 4 nitrogen and oxygen atoms in total. The third-order valence-corrected chi connectivity index (χ3v) is 5.13. The van der Waals surface area contributed by atoms with Crippen molar-refractivity contribution in [2.45, 2.75) is 32.1 Å². The maximum Gasteiger partial charge on any atom is 0.243 e. The van der Waals surface area contributed by atoms with Crippen LogP contribution in [0.5, 0.6) is 0 Å². The summed E-state index contributed by atoms with van der Waals surface area (Å²) >= 11 is 6.28. The molecular weight excluding hydrogens is 342 g/mol. The highest BCUT2D eigenvalue weighted by Crippen LogP contribution is 2.34. The van der Waals surface area contributed by atoms with Crippen molar-refractivity contribution in [2.24, 2.45) is 5.92 Å². The lowest BCUT2D eigenvalue weighted by molar-refractivity contribution is -0.139. The van der Waals surface area contributed by atoms with E-state index in [0.717, 1.165) is 17.3 Å². The van der Waals surface area contributed by atoms with Gasteiger partial charge in [-0.15, -0.1) is 11.8 Å². The molecule has 0 saturated carbocycles. The third-order valence-electron chi connectivity index (χ3n) is 3.63. The molecule has 0 unspecified atom stereocenters. The minimum atomic E-state index is -0.568. The maximum absolute atomic E-state index is 12.8. The van der Waals surface area contributed by atoms with Gasteiger partial charge in [-0.2, -0.15) is 0 Å². The number of thioether (sulfide) groups is 1. The number of likely N-dealkylation sites (tertiary alicyclic amines) is 1. The largest absolute Gasteiger partial charge is 0.479 e. The summed E-state index contributed by atoms with van der Waals surface area (Å²) in [6.07, 6.45) is 0.346. The summed E-state index contributed by atoms with van der Waals surface area (Å²) in [5.74, 6) is 4.80. The average Bonchev–Trinajstić information content (AvgIpc) is 2.79. The zero-order chi connectivity index (χ0) is 17.5. The van der Waals surface area contributed by atoms with Gasteiger partial charge in [-0.25, -0.2) is 0 Å². The van der Waals surface area contributed by atoms with Crippen molar-refractivity contribution in [3.8, 4) is 11.8 Å². The van der Waals surface area contributed by atoms with Crippen molar-refractivity contribution in [1.29, 1.82) is 0 Å². The van der Waals surface area contributed by atoms with Crippen LogP contribution in [0.1, 0.15) is 25.8 Å². The van der Waals surface area contributed by atoms with Crippen LogP contribution < -0.4 is 0 Å². The molecule has 0 bridgehead atoms. The number of carbonyl (C=O) groups is 2. The maximum atomic E-state index is 12.8. The molecule has 0 aliphatic carbocycles. The van der Waals surface area contributed by atoms with Gasteiger partial charge in [0.25, 0.3) is 0 Å². The Hall–Kier alpha value is -1.84. The molecule has 2 amide bonds. The molecular formula is C18H19NO3S2. The zero-order valence-electron chi connectivity index (χ0n) is 13.7. The molecule has 24 heavy (non-hydrogen) atoms. The van der Waals surface area contributed by atoms with Crippen molar-refractivity contribution in [2.75, 3.05) is 6.61 Å². The topological polar surface area (TPSA) is 46.6 Å². The van der Waals surface area contributed by atoms with Crippen LogP contribution in [-0.2, 0) is 20.9 Å². The monoisotopic (exact) mass is 361 g/mol. The highest BCUT2D eigenvalue weighted by molar-refractivity contribution is 8.23. The summed E-state index contributed by atoms with van der Waals surface area (Å²) in [4.78, 5) is 26.8. The van der Waals surface area contributed by atoms with E-state index < -0.39 is 11.2 Å². The minimum absolute atomic E-state index is 0.191. The first-order valence-electron chi connectivity index (χ1n) is 7.70. The fraction of sp³-hybridized carbons (Fsp3) is 0.389. The molecule has 0 N–H and O–H groups in total. The Labute approximate surface area is 151 Å². The second kappa shape index (κ2) is 8.86. The third kappa shape index (κ3) is 4.37. The van der Waals surface area contributed by atoms with E-state index in [4.69, 9.17) is 17.0 Å². The lowest BCUT2D eigenvalue weighted by Crippen LogP contribution is -2.31. The van der Waals surface area contributed by atoms with Gasteiger partial charge in [-0.3, -0.25) is 14.5 Å². The van der Waals surface area contributed by atoms with Gasteiger partial charge in [0.1, 0.15) is 5.25 Å². The van der Waals surface area contributed by atoms with E-state index in [-0.39, 0.29) is 18.4 Å². The van der Waals surface area contributed by atoms with Gasteiger partial charge >= 0.3 is 0 Å². The van der Waals surface area contributed by atoms with Crippen molar-refractivity contribution in [1.82, 2.24) is 4.90 Å². The van der Waals surface area contributed by atoms with Gasteiger partial charge in [0, 0.05) is 6.42 Å². The van der Waals surface area contributed by atoms with Crippen LogP contribution in [0.3, 0.4) is 0 Å². The van der Waals surface area contributed by atoms with Gasteiger partial charge in [0.15, 0.2) is 0 Å². The summed E-state index contributed by atoms with van der Waals surface area (Å²) in [7, 11) is 0. The van der Waals surface area contributed by atoms with E-state index in [1.165, 1.54) is 4.90 Å². The number of imide groups is 1. The number of hydrogen-bond acceptors (Lipinski definition) is 5. The minimum Gasteiger partial charge on any atom is -0.479 e. The number of carbonyl (C=O) groups excluding carboxylic acids is 2. The molecule has 0 aromatic heterocycles. The van der Waals surface area contributed by atoms with E-state index in [1.807, 2.05) is 37.3 Å². The van der Waals surface area contributed by atoms with Crippen molar-refractivity contribution >= 4 is 40.2 Å². The van der Waals surface area contributed by atoms with E-state index in [0.29, 0.717) is 17.4 Å². The number of amides is 2. The standard InChI is InChI=1S/C18H19NO3S2/c1-3-5-11-14-15(24-18(23)22-4-2)17(21)19(16(14)20)12-13-9-7-6-8-10-13/h6-10,14-15H,4,11-12H2,1-2H3/t14-,15-/m1/s1. The molecule has 2 atom stereocenters. The number of rotatable bonds is 5. The fourth-order valence-electron chi connectivity index (χ4n) is 2.48. The molecule has 6 heteroatoms. The number of ether oxygens (including phenoxy) is 1. The Morgan fingerprint density at radius 3 is 2.62 bits per heavy atom. The molecule has 0 radical (unpaired) electrons. The van der Waals surface area contributed by atoms with Gasteiger partial charge in [-0.1, -0.05) is 42.1 Å². The number of thiocarbonyl (C=S) groups is 1. The Morgan fingerprint density at radius 1 is 1.29 bits per heavy atom. The molecule has 1 fully saturated rings. The Morgan fingerprint density at radius 2 is 2.00 bits per heavy atom. The Kier molecular flexibility index (Phi) is 6.83. The van der Waals surface area contributed by atoms with Gasteiger partial charge in [0.05, 0.1) is 19.1 Å². The molecule has 126 valence electrons. The Balaban J connectivity index is 2.20. The molecule has 2 rings (SSSR count). The number of benzene rings is 1. The predicted octanol–water partition coefficient (Wildman–Crippen LogP) is 3.01. The highest BCUT2D eigenvalue weighted by atomic mass is 32.2. The van der Waals surface area contributed by atoms with Crippen LogP contribution in [0.25, 0.3) is 0 Å². The van der Waals surface area contributed by atoms with Crippen LogP contribution >= 0.6 is 24.0 Å². The van der Waals surface area contributed by atoms with Crippen LogP contribution in [0.15, 0.2) is 30.3 Å². The smallest absolute Gasteiger partial charge is 0.243 e. The summed E-state index contributed by atoms with van der Waals surface area (Å²) < 4.78 is 5.56. The second-order valence-corrected chi connectivity index (χ2v) is 6.95. The first-order valence-corrected chi connectivity index (χ1v) is 8.99. The average molecular weight is 361 g/mol. The lowest BCUT2D eigenvalue weighted by Gasteiger charge is -2.14. The van der Waals surface area contributed by atoms with Gasteiger partial charge < -0.3 is 4.74 Å². The first kappa shape index (κ1) is 18.5. The summed E-state index contributed by atoms with van der Waals surface area (Å²) in [6.45, 7) is 4.26. The van der Waals surface area contributed by atoms with E-state index in [2.05, 4.69) is 11.8 Å². The zero-order valence-corrected chi connectivity index (χ0v) is 15.3. The summed E-state index contributed by atoms with van der Waals surface area (Å²) in [5.41, 5.74) is 0.914. The molecule has 1 aliphatic heterocycles. The molecule has 1 aromatic rings. The van der Waals surface area contributed by atoms with Crippen LogP contribution in [0.4, 0.5) is 0 Å². The van der Waals surface area contributed by atoms with Crippen LogP contribution in [0, 0.1) is 17.8 Å². The summed E-state index contributed by atoms with van der Waals surface area (Å²) in [5, 5.41) is -0.568. The molecule has 1 saturated heterocycles. The lowest BCUT2D eigenvalue weighted by atomic mass is 10.0. The van der Waals surface area contributed by atoms with E-state index >= 15 is 0 Å². The number of nitrogens with zero attached hydrogens (tertiary/aromatic N) is 1. The molecule has 0 spiro atoms.